The van der Waals surface area contributed by atoms with E-state index < -0.39 is 0 Å². The monoisotopic (exact) mass is 454 g/mol. The van der Waals surface area contributed by atoms with Crippen LogP contribution in [-0.4, -0.2) is 53.9 Å². The lowest BCUT2D eigenvalue weighted by Gasteiger charge is -2.27. The highest BCUT2D eigenvalue weighted by Crippen LogP contribution is 2.21. The number of hydrogen-bond acceptors (Lipinski definition) is 7. The van der Waals surface area contributed by atoms with Crippen LogP contribution in [-0.2, 0) is 16.0 Å². The average molecular weight is 455 g/mol. The number of amides is 3. The van der Waals surface area contributed by atoms with E-state index in [4.69, 9.17) is 9.15 Å². The van der Waals surface area contributed by atoms with Gasteiger partial charge in [-0.2, -0.15) is 0 Å². The molecule has 3 amide bonds. The van der Waals surface area contributed by atoms with Gasteiger partial charge in [0.1, 0.15) is 5.76 Å². The van der Waals surface area contributed by atoms with Crippen LogP contribution in [0.15, 0.2) is 46.4 Å². The SMILES string of the molecule is Cc1occc1C(=O)Nc1nc(CC(=O)Nc2ccccc2C(=O)N2CCOCC2)cs1. The van der Waals surface area contributed by atoms with Crippen LogP contribution in [0.4, 0.5) is 10.8 Å². The smallest absolute Gasteiger partial charge is 0.260 e. The van der Waals surface area contributed by atoms with Crippen molar-refractivity contribution in [1.82, 2.24) is 9.88 Å². The molecule has 0 unspecified atom stereocenters. The first-order chi connectivity index (χ1) is 15.5. The van der Waals surface area contributed by atoms with E-state index in [2.05, 4.69) is 15.6 Å². The first-order valence-electron chi connectivity index (χ1n) is 10.1. The molecule has 0 aliphatic carbocycles. The van der Waals surface area contributed by atoms with Crippen LogP contribution in [0.2, 0.25) is 0 Å². The predicted molar refractivity (Wildman–Crippen MR) is 119 cm³/mol. The zero-order valence-corrected chi connectivity index (χ0v) is 18.2. The fraction of sp³-hybridized carbons (Fsp3) is 0.273. The van der Waals surface area contributed by atoms with Gasteiger partial charge in [0.2, 0.25) is 5.91 Å². The Labute approximate surface area is 188 Å². The molecule has 1 aliphatic rings. The second-order valence-electron chi connectivity index (χ2n) is 7.16. The van der Waals surface area contributed by atoms with Crippen molar-refractivity contribution in [3.63, 3.8) is 0 Å². The van der Waals surface area contributed by atoms with E-state index in [9.17, 15) is 14.4 Å². The van der Waals surface area contributed by atoms with E-state index in [0.29, 0.717) is 59.7 Å². The fourth-order valence-electron chi connectivity index (χ4n) is 3.30. The van der Waals surface area contributed by atoms with Crippen molar-refractivity contribution < 1.29 is 23.5 Å². The number of benzene rings is 1. The summed E-state index contributed by atoms with van der Waals surface area (Å²) in [5.41, 5.74) is 1.84. The van der Waals surface area contributed by atoms with Gasteiger partial charge in [-0.05, 0) is 25.1 Å². The molecule has 2 aromatic heterocycles. The third kappa shape index (κ3) is 5.04. The molecular weight excluding hydrogens is 432 g/mol. The Kier molecular flexibility index (Phi) is 6.62. The molecule has 0 atom stereocenters. The van der Waals surface area contributed by atoms with Gasteiger partial charge in [0.15, 0.2) is 5.13 Å². The van der Waals surface area contributed by atoms with Crippen LogP contribution in [0, 0.1) is 6.92 Å². The number of carbonyl (C=O) groups is 3. The van der Waals surface area contributed by atoms with Gasteiger partial charge in [-0.15, -0.1) is 11.3 Å². The van der Waals surface area contributed by atoms with Crippen molar-refractivity contribution in [2.24, 2.45) is 0 Å². The second kappa shape index (κ2) is 9.75. The topological polar surface area (TPSA) is 114 Å². The number of para-hydroxylation sites is 1. The van der Waals surface area contributed by atoms with Gasteiger partial charge in [0, 0.05) is 18.5 Å². The summed E-state index contributed by atoms with van der Waals surface area (Å²) < 4.78 is 10.4. The number of rotatable bonds is 6. The molecule has 1 aliphatic heterocycles. The van der Waals surface area contributed by atoms with E-state index in [1.165, 1.54) is 17.6 Å². The first-order valence-corrected chi connectivity index (χ1v) is 10.9. The number of morpholine rings is 1. The molecule has 4 rings (SSSR count). The molecule has 0 saturated carbocycles. The first kappa shape index (κ1) is 21.7. The van der Waals surface area contributed by atoms with Gasteiger partial charge in [0.25, 0.3) is 11.8 Å². The molecule has 32 heavy (non-hydrogen) atoms. The number of aromatic nitrogens is 1. The number of aryl methyl sites for hydroxylation is 1. The fourth-order valence-corrected chi connectivity index (χ4v) is 4.01. The van der Waals surface area contributed by atoms with Crippen molar-refractivity contribution in [2.75, 3.05) is 36.9 Å². The average Bonchev–Trinajstić information content (AvgIpc) is 3.42. The maximum atomic E-state index is 12.8. The number of thiazole rings is 1. The molecule has 0 radical (unpaired) electrons. The van der Waals surface area contributed by atoms with Crippen molar-refractivity contribution in [2.45, 2.75) is 13.3 Å². The lowest BCUT2D eigenvalue weighted by Crippen LogP contribution is -2.41. The minimum absolute atomic E-state index is 0.0111. The van der Waals surface area contributed by atoms with Crippen molar-refractivity contribution in [1.29, 1.82) is 0 Å². The summed E-state index contributed by atoms with van der Waals surface area (Å²) in [7, 11) is 0. The van der Waals surface area contributed by atoms with E-state index in [-0.39, 0.29) is 24.1 Å². The van der Waals surface area contributed by atoms with Crippen molar-refractivity contribution in [3.05, 3.63) is 64.6 Å². The molecule has 3 aromatic rings. The largest absolute Gasteiger partial charge is 0.469 e. The summed E-state index contributed by atoms with van der Waals surface area (Å²) in [6.07, 6.45) is 1.46. The number of carbonyl (C=O) groups excluding carboxylic acids is 3. The zero-order chi connectivity index (χ0) is 22.5. The van der Waals surface area contributed by atoms with Gasteiger partial charge in [-0.1, -0.05) is 12.1 Å². The van der Waals surface area contributed by atoms with E-state index in [1.807, 2.05) is 0 Å². The lowest BCUT2D eigenvalue weighted by atomic mass is 10.1. The summed E-state index contributed by atoms with van der Waals surface area (Å²) in [5, 5.41) is 7.61. The highest BCUT2D eigenvalue weighted by Gasteiger charge is 2.22. The van der Waals surface area contributed by atoms with E-state index in [0.717, 1.165) is 0 Å². The lowest BCUT2D eigenvalue weighted by molar-refractivity contribution is -0.115. The molecule has 10 heteroatoms. The summed E-state index contributed by atoms with van der Waals surface area (Å²) >= 11 is 1.23. The number of nitrogens with one attached hydrogen (secondary N) is 2. The number of ether oxygens (including phenoxy) is 1. The van der Waals surface area contributed by atoms with Crippen LogP contribution < -0.4 is 10.6 Å². The van der Waals surface area contributed by atoms with Gasteiger partial charge in [0.05, 0.1) is 48.4 Å². The molecule has 2 N–H and O–H groups in total. The maximum absolute atomic E-state index is 12.8. The van der Waals surface area contributed by atoms with Crippen molar-refractivity contribution >= 4 is 39.9 Å². The van der Waals surface area contributed by atoms with E-state index >= 15 is 0 Å². The number of anilines is 2. The summed E-state index contributed by atoms with van der Waals surface area (Å²) in [6, 6.07) is 8.51. The summed E-state index contributed by atoms with van der Waals surface area (Å²) in [6.45, 7) is 3.75. The summed E-state index contributed by atoms with van der Waals surface area (Å²) in [4.78, 5) is 43.7. The third-order valence-corrected chi connectivity index (χ3v) is 5.75. The molecule has 0 bridgehead atoms. The Balaban J connectivity index is 1.38. The number of nitrogens with zero attached hydrogens (tertiary/aromatic N) is 2. The molecule has 1 fully saturated rings. The summed E-state index contributed by atoms with van der Waals surface area (Å²) in [5.74, 6) is -0.250. The van der Waals surface area contributed by atoms with Crippen LogP contribution in [0.5, 0.6) is 0 Å². The van der Waals surface area contributed by atoms with Gasteiger partial charge < -0.3 is 19.4 Å². The minimum Gasteiger partial charge on any atom is -0.469 e. The molecule has 1 aromatic carbocycles. The normalized spacial score (nSPS) is 13.6. The molecule has 0 spiro atoms. The van der Waals surface area contributed by atoms with Crippen molar-refractivity contribution in [3.8, 4) is 0 Å². The molecule has 166 valence electrons. The predicted octanol–water partition coefficient (Wildman–Crippen LogP) is 2.95. The van der Waals surface area contributed by atoms with Gasteiger partial charge in [-0.25, -0.2) is 4.98 Å². The van der Waals surface area contributed by atoms with Crippen LogP contribution in [0.3, 0.4) is 0 Å². The Bertz CT molecular complexity index is 1130. The maximum Gasteiger partial charge on any atom is 0.260 e. The zero-order valence-electron chi connectivity index (χ0n) is 17.4. The highest BCUT2D eigenvalue weighted by atomic mass is 32.1. The van der Waals surface area contributed by atoms with E-state index in [1.54, 1.807) is 47.5 Å². The quantitative estimate of drug-likeness (QED) is 0.592. The molecule has 3 heterocycles. The number of furan rings is 1. The number of hydrogen-bond donors (Lipinski definition) is 2. The standard InChI is InChI=1S/C22H22N4O5S/c1-14-16(6-9-31-14)20(28)25-22-23-15(13-32-22)12-19(27)24-18-5-3-2-4-17(18)21(29)26-7-10-30-11-8-26/h2-6,9,13H,7-8,10-12H2,1H3,(H,24,27)(H,23,25,28). The molecular formula is C22H22N4O5S. The Hall–Kier alpha value is -3.50. The Morgan fingerprint density at radius 2 is 1.88 bits per heavy atom. The highest BCUT2D eigenvalue weighted by molar-refractivity contribution is 7.14. The van der Waals surface area contributed by atoms with Gasteiger partial charge >= 0.3 is 0 Å². The molecule has 1 saturated heterocycles. The minimum atomic E-state index is -0.322. The second-order valence-corrected chi connectivity index (χ2v) is 8.02. The Morgan fingerprint density at radius 3 is 2.62 bits per heavy atom. The van der Waals surface area contributed by atoms with Crippen LogP contribution in [0.25, 0.3) is 0 Å². The molecule has 9 nitrogen and oxygen atoms in total. The van der Waals surface area contributed by atoms with Crippen LogP contribution in [0.1, 0.15) is 32.2 Å². The van der Waals surface area contributed by atoms with Crippen LogP contribution >= 0.6 is 11.3 Å². The van der Waals surface area contributed by atoms with Gasteiger partial charge in [-0.3, -0.25) is 19.7 Å². The third-order valence-electron chi connectivity index (χ3n) is 4.95. The Morgan fingerprint density at radius 1 is 1.09 bits per heavy atom.